The fraction of sp³-hybridized carbons (Fsp3) is 0.176. The average molecular weight is 535 g/mol. The summed E-state index contributed by atoms with van der Waals surface area (Å²) in [6.07, 6.45) is -1.31. The molecular formula is C34H30O6. The highest BCUT2D eigenvalue weighted by Gasteiger charge is 2.53. The largest absolute Gasteiger partial charge is 0.340 e. The van der Waals surface area contributed by atoms with Crippen LogP contribution in [0.25, 0.3) is 0 Å². The van der Waals surface area contributed by atoms with Crippen LogP contribution in [0.1, 0.15) is 54.8 Å². The molecule has 0 aliphatic rings. The molecule has 0 bridgehead atoms. The summed E-state index contributed by atoms with van der Waals surface area (Å²) in [7, 11) is 1.19. The fourth-order valence-electron chi connectivity index (χ4n) is 4.62. The molecule has 0 saturated heterocycles. The van der Waals surface area contributed by atoms with Crippen LogP contribution in [0, 0.1) is 5.92 Å². The molecule has 0 aliphatic carbocycles. The molecular weight excluding hydrogens is 504 g/mol. The first-order valence-electron chi connectivity index (χ1n) is 13.0. The minimum absolute atomic E-state index is 0.155. The van der Waals surface area contributed by atoms with Gasteiger partial charge in [-0.05, 0) is 6.42 Å². The zero-order valence-corrected chi connectivity index (χ0v) is 22.4. The summed E-state index contributed by atoms with van der Waals surface area (Å²) < 4.78 is 12.0. The van der Waals surface area contributed by atoms with Crippen LogP contribution in [0.3, 0.4) is 0 Å². The topological polar surface area (TPSA) is 86.7 Å². The molecule has 0 N–H and O–H groups in total. The van der Waals surface area contributed by atoms with Gasteiger partial charge in [0.1, 0.15) is 6.10 Å². The van der Waals surface area contributed by atoms with E-state index >= 15 is 0 Å². The normalized spacial score (nSPS) is 12.8. The predicted octanol–water partition coefficient (Wildman–Crippen LogP) is 6.27. The molecule has 0 fully saturated rings. The van der Waals surface area contributed by atoms with Crippen LogP contribution < -0.4 is 0 Å². The number of hydrogen-bond donors (Lipinski definition) is 0. The number of methoxy groups -OCH3 is 1. The molecule has 4 rings (SSSR count). The molecule has 4 aromatic rings. The van der Waals surface area contributed by atoms with Crippen LogP contribution in [0.15, 0.2) is 121 Å². The van der Waals surface area contributed by atoms with Crippen molar-refractivity contribution >= 4 is 23.1 Å². The number of ketones is 4. The van der Waals surface area contributed by atoms with E-state index in [4.69, 9.17) is 9.47 Å². The number of carbonyl (C=O) groups is 4. The Morgan fingerprint density at radius 1 is 0.575 bits per heavy atom. The maximum absolute atomic E-state index is 14.1. The Labute approximate surface area is 233 Å². The third kappa shape index (κ3) is 5.88. The van der Waals surface area contributed by atoms with E-state index in [9.17, 15) is 19.2 Å². The lowest BCUT2D eigenvalue weighted by atomic mass is 9.85. The lowest BCUT2D eigenvalue weighted by Crippen LogP contribution is -2.56. The number of carbonyl (C=O) groups excluding carboxylic acids is 4. The van der Waals surface area contributed by atoms with E-state index in [0.717, 1.165) is 0 Å². The number of rotatable bonds is 13. The molecule has 6 heteroatoms. The van der Waals surface area contributed by atoms with Crippen molar-refractivity contribution in [1.29, 1.82) is 0 Å². The van der Waals surface area contributed by atoms with Gasteiger partial charge < -0.3 is 9.47 Å². The van der Waals surface area contributed by atoms with Crippen LogP contribution in [0.4, 0.5) is 0 Å². The van der Waals surface area contributed by atoms with Gasteiger partial charge in [0.2, 0.25) is 11.6 Å². The first-order chi connectivity index (χ1) is 19.4. The van der Waals surface area contributed by atoms with Gasteiger partial charge in [-0.1, -0.05) is 128 Å². The number of hydrogen-bond acceptors (Lipinski definition) is 6. The Hall–Kier alpha value is -4.52. The Kier molecular flexibility index (Phi) is 9.27. The minimum atomic E-state index is -2.54. The van der Waals surface area contributed by atoms with Gasteiger partial charge in [0, 0.05) is 29.4 Å². The van der Waals surface area contributed by atoms with E-state index in [1.807, 2.05) is 0 Å². The van der Waals surface area contributed by atoms with Crippen LogP contribution in [-0.2, 0) is 9.47 Å². The van der Waals surface area contributed by atoms with Crippen molar-refractivity contribution in [3.63, 3.8) is 0 Å². The van der Waals surface area contributed by atoms with Crippen molar-refractivity contribution in [1.82, 2.24) is 0 Å². The van der Waals surface area contributed by atoms with Crippen molar-refractivity contribution in [2.24, 2.45) is 5.92 Å². The molecule has 202 valence electrons. The van der Waals surface area contributed by atoms with Crippen LogP contribution in [0.2, 0.25) is 0 Å². The van der Waals surface area contributed by atoms with Gasteiger partial charge in [0.15, 0.2) is 11.6 Å². The molecule has 0 aliphatic heterocycles. The van der Waals surface area contributed by atoms with Gasteiger partial charge in [-0.3, -0.25) is 19.2 Å². The van der Waals surface area contributed by atoms with Crippen LogP contribution in [-0.4, -0.2) is 42.1 Å². The van der Waals surface area contributed by atoms with E-state index in [2.05, 4.69) is 0 Å². The third-order valence-electron chi connectivity index (χ3n) is 6.77. The molecule has 0 saturated carbocycles. The van der Waals surface area contributed by atoms with Crippen molar-refractivity contribution in [2.75, 3.05) is 7.11 Å². The van der Waals surface area contributed by atoms with Gasteiger partial charge in [0.25, 0.3) is 5.79 Å². The van der Waals surface area contributed by atoms with Gasteiger partial charge in [0.05, 0.1) is 5.92 Å². The van der Waals surface area contributed by atoms with Crippen molar-refractivity contribution in [2.45, 2.75) is 25.2 Å². The van der Waals surface area contributed by atoms with Gasteiger partial charge in [-0.25, -0.2) is 0 Å². The highest BCUT2D eigenvalue weighted by Crippen LogP contribution is 2.32. The molecule has 0 spiro atoms. The predicted molar refractivity (Wildman–Crippen MR) is 151 cm³/mol. The van der Waals surface area contributed by atoms with E-state index in [-0.39, 0.29) is 28.9 Å². The summed E-state index contributed by atoms with van der Waals surface area (Å²) in [5.41, 5.74) is 0.968. The first kappa shape index (κ1) is 28.5. The molecule has 6 nitrogen and oxygen atoms in total. The Balaban J connectivity index is 1.89. The lowest BCUT2D eigenvalue weighted by molar-refractivity contribution is -0.176. The molecule has 4 aromatic carbocycles. The summed E-state index contributed by atoms with van der Waals surface area (Å²) >= 11 is 0. The summed E-state index contributed by atoms with van der Waals surface area (Å²) in [6, 6.07) is 33.1. The first-order valence-corrected chi connectivity index (χ1v) is 13.0. The number of ether oxygens (including phenoxy) is 2. The number of benzene rings is 4. The van der Waals surface area contributed by atoms with E-state index in [0.29, 0.717) is 5.56 Å². The second-order valence-electron chi connectivity index (χ2n) is 9.22. The standard InChI is InChI=1S/C34H30O6/c1-3-28(29(35)24-16-8-4-9-17-24)31(30(36)25-18-10-5-11-19-25)40-34(39-2,32(37)26-20-12-6-13-21-26)33(38)27-22-14-7-15-23-27/h4-23,28,31H,3H2,1-2H3. The smallest absolute Gasteiger partial charge is 0.300 e. The molecule has 0 heterocycles. The zero-order valence-electron chi connectivity index (χ0n) is 22.4. The highest BCUT2D eigenvalue weighted by atomic mass is 16.7. The second kappa shape index (κ2) is 13.0. The maximum atomic E-state index is 14.1. The molecule has 0 aromatic heterocycles. The summed E-state index contributed by atoms with van der Waals surface area (Å²) in [5, 5.41) is 0. The minimum Gasteiger partial charge on any atom is -0.340 e. The van der Waals surface area contributed by atoms with Gasteiger partial charge >= 0.3 is 0 Å². The van der Waals surface area contributed by atoms with E-state index < -0.39 is 35.2 Å². The molecule has 40 heavy (non-hydrogen) atoms. The summed E-state index contributed by atoms with van der Waals surface area (Å²) in [4.78, 5) is 56.0. The lowest BCUT2D eigenvalue weighted by Gasteiger charge is -2.35. The Morgan fingerprint density at radius 2 is 0.925 bits per heavy atom. The zero-order chi connectivity index (χ0) is 28.5. The van der Waals surface area contributed by atoms with Crippen molar-refractivity contribution < 1.29 is 28.7 Å². The van der Waals surface area contributed by atoms with Crippen LogP contribution >= 0.6 is 0 Å². The second-order valence-corrected chi connectivity index (χ2v) is 9.22. The third-order valence-corrected chi connectivity index (χ3v) is 6.77. The van der Waals surface area contributed by atoms with Gasteiger partial charge in [-0.15, -0.1) is 0 Å². The summed E-state index contributed by atoms with van der Waals surface area (Å²) in [6.45, 7) is 1.76. The maximum Gasteiger partial charge on any atom is 0.300 e. The Bertz CT molecular complexity index is 1400. The SMILES string of the molecule is CCC(C(=O)c1ccccc1)C(OC(OC)(C(=O)c1ccccc1)C(=O)c1ccccc1)C(=O)c1ccccc1. The van der Waals surface area contributed by atoms with Crippen molar-refractivity contribution in [3.8, 4) is 0 Å². The van der Waals surface area contributed by atoms with Crippen molar-refractivity contribution in [3.05, 3.63) is 144 Å². The molecule has 2 atom stereocenters. The fourth-order valence-corrected chi connectivity index (χ4v) is 4.62. The quantitative estimate of drug-likeness (QED) is 0.114. The number of Topliss-reactive ketones (excluding diaryl/α,β-unsaturated/α-hetero) is 4. The van der Waals surface area contributed by atoms with E-state index in [1.165, 1.54) is 31.4 Å². The van der Waals surface area contributed by atoms with Crippen LogP contribution in [0.5, 0.6) is 0 Å². The summed E-state index contributed by atoms with van der Waals surface area (Å²) in [5.74, 6) is -6.00. The molecule has 2 unspecified atom stereocenters. The molecule has 0 amide bonds. The molecule has 0 radical (unpaired) electrons. The average Bonchev–Trinajstić information content (AvgIpc) is 3.03. The van der Waals surface area contributed by atoms with E-state index in [1.54, 1.807) is 104 Å². The monoisotopic (exact) mass is 534 g/mol. The van der Waals surface area contributed by atoms with Gasteiger partial charge in [-0.2, -0.15) is 0 Å². The Morgan fingerprint density at radius 3 is 1.27 bits per heavy atom. The highest BCUT2D eigenvalue weighted by molar-refractivity contribution is 6.21.